The van der Waals surface area contributed by atoms with Gasteiger partial charge in [-0.2, -0.15) is 0 Å². The lowest BCUT2D eigenvalue weighted by Crippen LogP contribution is -2.44. The molecule has 0 spiro atoms. The zero-order chi connectivity index (χ0) is 23.4. The Bertz CT molecular complexity index is 1100. The van der Waals surface area contributed by atoms with E-state index in [4.69, 9.17) is 14.2 Å². The molecule has 1 amide bonds. The molecular formula is C27H32N2O4. The van der Waals surface area contributed by atoms with Gasteiger partial charge in [0.15, 0.2) is 5.75 Å². The van der Waals surface area contributed by atoms with E-state index in [0.717, 1.165) is 46.4 Å². The number of benzene rings is 2. The monoisotopic (exact) mass is 448 g/mol. The minimum absolute atomic E-state index is 0.0818. The van der Waals surface area contributed by atoms with Crippen LogP contribution >= 0.6 is 0 Å². The quantitative estimate of drug-likeness (QED) is 0.473. The minimum Gasteiger partial charge on any atom is -0.491 e. The van der Waals surface area contributed by atoms with Crippen LogP contribution in [-0.4, -0.2) is 47.4 Å². The van der Waals surface area contributed by atoms with Crippen LogP contribution in [0, 0.1) is 0 Å². The van der Waals surface area contributed by atoms with E-state index < -0.39 is 5.60 Å². The molecule has 1 aliphatic heterocycles. The Hall–Kier alpha value is -3.28. The zero-order valence-electron chi connectivity index (χ0n) is 19.8. The molecule has 1 aromatic heterocycles. The summed E-state index contributed by atoms with van der Waals surface area (Å²) in [7, 11) is 0. The largest absolute Gasteiger partial charge is 0.491 e. The number of amides is 1. The van der Waals surface area contributed by atoms with Crippen LogP contribution in [0.25, 0.3) is 22.0 Å². The van der Waals surface area contributed by atoms with Crippen molar-refractivity contribution in [3.8, 4) is 22.6 Å². The Morgan fingerprint density at radius 2 is 1.79 bits per heavy atom. The first-order valence-electron chi connectivity index (χ1n) is 11.6. The summed E-state index contributed by atoms with van der Waals surface area (Å²) in [5.41, 5.74) is 2.46. The molecule has 2 aromatic carbocycles. The van der Waals surface area contributed by atoms with Crippen molar-refractivity contribution in [3.63, 3.8) is 0 Å². The molecule has 6 heteroatoms. The van der Waals surface area contributed by atoms with E-state index in [2.05, 4.69) is 29.2 Å². The number of nitrogens with zero attached hydrogens (tertiary/aromatic N) is 2. The van der Waals surface area contributed by atoms with Gasteiger partial charge in [0.05, 0.1) is 6.61 Å². The van der Waals surface area contributed by atoms with E-state index >= 15 is 0 Å². The van der Waals surface area contributed by atoms with E-state index in [1.807, 2.05) is 52.0 Å². The van der Waals surface area contributed by atoms with Crippen molar-refractivity contribution in [3.05, 3.63) is 54.7 Å². The van der Waals surface area contributed by atoms with Gasteiger partial charge in [0.1, 0.15) is 23.0 Å². The number of piperidine rings is 1. The summed E-state index contributed by atoms with van der Waals surface area (Å²) in [5.74, 6) is 1.63. The lowest BCUT2D eigenvalue weighted by molar-refractivity contribution is 0.0126. The SMILES string of the molecule is CCOc1c(-c2ccc(OC3CCN(C(=O)OC(C)(C)C)CC3)cc2)ccc2cccnc12. The molecule has 0 unspecified atom stereocenters. The normalized spacial score (nSPS) is 14.8. The third-order valence-electron chi connectivity index (χ3n) is 5.58. The maximum atomic E-state index is 12.3. The molecule has 174 valence electrons. The van der Waals surface area contributed by atoms with Gasteiger partial charge in [0.25, 0.3) is 0 Å². The predicted molar refractivity (Wildman–Crippen MR) is 130 cm³/mol. The average Bonchev–Trinajstić information content (AvgIpc) is 2.79. The van der Waals surface area contributed by atoms with Gasteiger partial charge in [-0.25, -0.2) is 4.79 Å². The van der Waals surface area contributed by atoms with Gasteiger partial charge in [-0.3, -0.25) is 4.98 Å². The predicted octanol–water partition coefficient (Wildman–Crippen LogP) is 6.08. The van der Waals surface area contributed by atoms with Crippen LogP contribution in [0.2, 0.25) is 0 Å². The highest BCUT2D eigenvalue weighted by Crippen LogP contribution is 2.36. The van der Waals surface area contributed by atoms with E-state index in [1.54, 1.807) is 11.1 Å². The van der Waals surface area contributed by atoms with Crippen molar-refractivity contribution in [2.45, 2.75) is 52.2 Å². The number of carbonyl (C=O) groups is 1. The molecule has 3 aromatic rings. The molecule has 1 fully saturated rings. The molecule has 33 heavy (non-hydrogen) atoms. The Kier molecular flexibility index (Phi) is 6.72. The number of ether oxygens (including phenoxy) is 3. The number of carbonyl (C=O) groups excluding carboxylic acids is 1. The van der Waals surface area contributed by atoms with Crippen LogP contribution in [0.3, 0.4) is 0 Å². The van der Waals surface area contributed by atoms with Gasteiger partial charge in [-0.1, -0.05) is 24.3 Å². The molecule has 0 aliphatic carbocycles. The topological polar surface area (TPSA) is 60.9 Å². The van der Waals surface area contributed by atoms with Crippen molar-refractivity contribution < 1.29 is 19.0 Å². The van der Waals surface area contributed by atoms with Crippen LogP contribution in [0.5, 0.6) is 11.5 Å². The van der Waals surface area contributed by atoms with Gasteiger partial charge in [-0.05, 0) is 57.5 Å². The Morgan fingerprint density at radius 1 is 1.06 bits per heavy atom. The second kappa shape index (κ2) is 9.69. The maximum absolute atomic E-state index is 12.3. The van der Waals surface area contributed by atoms with Crippen molar-refractivity contribution in [2.75, 3.05) is 19.7 Å². The molecule has 6 nitrogen and oxygen atoms in total. The molecule has 0 saturated carbocycles. The third-order valence-corrected chi connectivity index (χ3v) is 5.58. The van der Waals surface area contributed by atoms with Crippen LogP contribution < -0.4 is 9.47 Å². The molecular weight excluding hydrogens is 416 g/mol. The molecule has 0 bridgehead atoms. The molecule has 0 radical (unpaired) electrons. The summed E-state index contributed by atoms with van der Waals surface area (Å²) in [6.45, 7) is 9.49. The molecule has 0 atom stereocenters. The smallest absolute Gasteiger partial charge is 0.410 e. The van der Waals surface area contributed by atoms with Crippen LogP contribution in [-0.2, 0) is 4.74 Å². The third kappa shape index (κ3) is 5.56. The molecule has 0 N–H and O–H groups in total. The minimum atomic E-state index is -0.477. The number of rotatable bonds is 5. The first-order valence-corrected chi connectivity index (χ1v) is 11.6. The maximum Gasteiger partial charge on any atom is 0.410 e. The van der Waals surface area contributed by atoms with Gasteiger partial charge in [0.2, 0.25) is 0 Å². The molecule has 1 saturated heterocycles. The van der Waals surface area contributed by atoms with Crippen molar-refractivity contribution >= 4 is 17.0 Å². The second-order valence-corrected chi connectivity index (χ2v) is 9.26. The average molecular weight is 449 g/mol. The van der Waals surface area contributed by atoms with Gasteiger partial charge in [0, 0.05) is 43.1 Å². The number of fused-ring (bicyclic) bond motifs is 1. The molecule has 2 heterocycles. The van der Waals surface area contributed by atoms with Crippen LogP contribution in [0.4, 0.5) is 4.79 Å². The summed E-state index contributed by atoms with van der Waals surface area (Å²) >= 11 is 0. The number of likely N-dealkylation sites (tertiary alicyclic amines) is 1. The highest BCUT2D eigenvalue weighted by Gasteiger charge is 2.27. The van der Waals surface area contributed by atoms with E-state index in [1.165, 1.54) is 0 Å². The zero-order valence-corrected chi connectivity index (χ0v) is 19.8. The van der Waals surface area contributed by atoms with Crippen molar-refractivity contribution in [2.24, 2.45) is 0 Å². The lowest BCUT2D eigenvalue weighted by atomic mass is 10.0. The number of pyridine rings is 1. The summed E-state index contributed by atoms with van der Waals surface area (Å²) in [4.78, 5) is 18.5. The van der Waals surface area contributed by atoms with Gasteiger partial charge >= 0.3 is 6.09 Å². The number of aromatic nitrogens is 1. The molecule has 1 aliphatic rings. The fourth-order valence-corrected chi connectivity index (χ4v) is 4.02. The van der Waals surface area contributed by atoms with E-state index in [9.17, 15) is 4.79 Å². The van der Waals surface area contributed by atoms with Crippen molar-refractivity contribution in [1.82, 2.24) is 9.88 Å². The van der Waals surface area contributed by atoms with E-state index in [0.29, 0.717) is 19.7 Å². The standard InChI is InChI=1S/C27H32N2O4/c1-5-31-25-23(13-10-20-7-6-16-28-24(20)25)19-8-11-21(12-9-19)32-22-14-17-29(18-15-22)26(30)33-27(2,3)4/h6-13,16,22H,5,14-15,17-18H2,1-4H3. The number of hydrogen-bond donors (Lipinski definition) is 0. The lowest BCUT2D eigenvalue weighted by Gasteiger charge is -2.33. The Morgan fingerprint density at radius 3 is 2.45 bits per heavy atom. The summed E-state index contributed by atoms with van der Waals surface area (Å²) in [5, 5.41) is 1.06. The van der Waals surface area contributed by atoms with Crippen LogP contribution in [0.15, 0.2) is 54.7 Å². The van der Waals surface area contributed by atoms with Gasteiger partial charge < -0.3 is 19.1 Å². The highest BCUT2D eigenvalue weighted by atomic mass is 16.6. The molecule has 4 rings (SSSR count). The summed E-state index contributed by atoms with van der Waals surface area (Å²) < 4.78 is 17.7. The van der Waals surface area contributed by atoms with Crippen LogP contribution in [0.1, 0.15) is 40.5 Å². The first-order chi connectivity index (χ1) is 15.8. The Balaban J connectivity index is 1.42. The Labute approximate surface area is 195 Å². The number of hydrogen-bond acceptors (Lipinski definition) is 5. The fourth-order valence-electron chi connectivity index (χ4n) is 4.02. The first kappa shape index (κ1) is 22.9. The summed E-state index contributed by atoms with van der Waals surface area (Å²) in [6, 6.07) is 16.2. The van der Waals surface area contributed by atoms with Crippen molar-refractivity contribution in [1.29, 1.82) is 0 Å². The van der Waals surface area contributed by atoms with Gasteiger partial charge in [-0.15, -0.1) is 0 Å². The second-order valence-electron chi connectivity index (χ2n) is 9.26. The highest BCUT2D eigenvalue weighted by molar-refractivity contribution is 5.92. The van der Waals surface area contributed by atoms with E-state index in [-0.39, 0.29) is 12.2 Å². The fraction of sp³-hybridized carbons (Fsp3) is 0.407. The summed E-state index contributed by atoms with van der Waals surface area (Å²) in [6.07, 6.45) is 3.19.